The van der Waals surface area contributed by atoms with E-state index >= 15 is 0 Å². The van der Waals surface area contributed by atoms with E-state index in [-0.39, 0.29) is 0 Å². The Hall–Kier alpha value is -8.01. The molecule has 0 aliphatic rings. The lowest BCUT2D eigenvalue weighted by atomic mass is 9.91. The SMILES string of the molecule is c1ccc(-c2cccc(-c3cc(-c4cccc(-c5ccccc5)n4)cc(-c4cccc(-c5cccc(-c6ccc7c8ccccc8c8ccccc8c7c6)c5)n4)c3)n2)cc1. The van der Waals surface area contributed by atoms with E-state index < -0.39 is 0 Å². The molecule has 3 nitrogen and oxygen atoms in total. The van der Waals surface area contributed by atoms with Gasteiger partial charge in [0.1, 0.15) is 0 Å². The van der Waals surface area contributed by atoms with Gasteiger partial charge in [-0.15, -0.1) is 0 Å². The van der Waals surface area contributed by atoms with Crippen molar-refractivity contribution in [3.8, 4) is 78.7 Å². The van der Waals surface area contributed by atoms with Crippen molar-refractivity contribution in [3.63, 3.8) is 0 Å². The van der Waals surface area contributed by atoms with Crippen LogP contribution in [0.2, 0.25) is 0 Å². The third-order valence-corrected chi connectivity index (χ3v) is 11.4. The van der Waals surface area contributed by atoms with Gasteiger partial charge < -0.3 is 0 Å². The highest BCUT2D eigenvalue weighted by molar-refractivity contribution is 6.25. The Kier molecular flexibility index (Phi) is 8.83. The molecule has 0 amide bonds. The van der Waals surface area contributed by atoms with Crippen molar-refractivity contribution in [2.75, 3.05) is 0 Å². The fourth-order valence-corrected chi connectivity index (χ4v) is 8.50. The molecule has 60 heavy (non-hydrogen) atoms. The molecule has 3 heterocycles. The second kappa shape index (κ2) is 15.1. The summed E-state index contributed by atoms with van der Waals surface area (Å²) in [5.41, 5.74) is 13.9. The molecule has 0 atom stereocenters. The summed E-state index contributed by atoms with van der Waals surface area (Å²) in [4.78, 5) is 15.7. The molecule has 0 unspecified atom stereocenters. The molecule has 11 rings (SSSR count). The van der Waals surface area contributed by atoms with Crippen LogP contribution in [0.25, 0.3) is 111 Å². The highest BCUT2D eigenvalue weighted by Crippen LogP contribution is 2.38. The average Bonchev–Trinajstić information content (AvgIpc) is 3.34. The summed E-state index contributed by atoms with van der Waals surface area (Å²) in [6.07, 6.45) is 0. The maximum Gasteiger partial charge on any atom is 0.0709 e. The maximum atomic E-state index is 5.33. The van der Waals surface area contributed by atoms with Crippen molar-refractivity contribution in [2.24, 2.45) is 0 Å². The van der Waals surface area contributed by atoms with Gasteiger partial charge in [-0.1, -0.05) is 158 Å². The van der Waals surface area contributed by atoms with Crippen LogP contribution in [0, 0.1) is 0 Å². The van der Waals surface area contributed by atoms with Gasteiger partial charge in [0.2, 0.25) is 0 Å². The van der Waals surface area contributed by atoms with Crippen molar-refractivity contribution in [2.45, 2.75) is 0 Å². The molecule has 0 bridgehead atoms. The van der Waals surface area contributed by atoms with Gasteiger partial charge in [0.05, 0.1) is 34.2 Å². The molecule has 0 N–H and O–H groups in total. The largest absolute Gasteiger partial charge is 0.248 e. The van der Waals surface area contributed by atoms with Gasteiger partial charge in [-0.25, -0.2) is 15.0 Å². The molecule has 0 saturated heterocycles. The first kappa shape index (κ1) is 35.2. The number of benzene rings is 8. The molecule has 11 aromatic rings. The lowest BCUT2D eigenvalue weighted by molar-refractivity contribution is 1.29. The standard InChI is InChI=1S/C57H37N3/c1-3-15-38(16-4-1)52-25-12-28-55(58-52)43-34-44(56-29-13-26-53(59-56)39-17-5-2-6-18-39)36-45(35-43)57-30-14-27-54(60-57)42-20-11-19-40(33-42)41-31-32-50-48-23-8-7-21-46(48)47-22-9-10-24-49(47)51(50)37-41/h1-37H. The molecular weight excluding hydrogens is 727 g/mol. The third-order valence-electron chi connectivity index (χ3n) is 11.4. The number of fused-ring (bicyclic) bond motifs is 6. The molecule has 0 radical (unpaired) electrons. The number of hydrogen-bond acceptors (Lipinski definition) is 3. The van der Waals surface area contributed by atoms with E-state index in [4.69, 9.17) is 15.0 Å². The third kappa shape index (κ3) is 6.58. The molecule has 3 aromatic heterocycles. The van der Waals surface area contributed by atoms with Gasteiger partial charge in [-0.05, 0) is 110 Å². The fourth-order valence-electron chi connectivity index (χ4n) is 8.50. The Labute approximate surface area is 349 Å². The minimum absolute atomic E-state index is 0.878. The first-order chi connectivity index (χ1) is 29.7. The molecular formula is C57H37N3. The molecule has 0 aliphatic carbocycles. The van der Waals surface area contributed by atoms with E-state index in [1.807, 2.05) is 36.4 Å². The molecule has 0 spiro atoms. The molecule has 3 heteroatoms. The summed E-state index contributed by atoms with van der Waals surface area (Å²) in [7, 11) is 0. The summed E-state index contributed by atoms with van der Waals surface area (Å²) >= 11 is 0. The van der Waals surface area contributed by atoms with Gasteiger partial charge in [0.25, 0.3) is 0 Å². The smallest absolute Gasteiger partial charge is 0.0709 e. The van der Waals surface area contributed by atoms with E-state index in [1.165, 1.54) is 37.9 Å². The van der Waals surface area contributed by atoms with Crippen LogP contribution < -0.4 is 0 Å². The van der Waals surface area contributed by atoms with Gasteiger partial charge in [-0.2, -0.15) is 0 Å². The Morgan fingerprint density at radius 3 is 0.933 bits per heavy atom. The zero-order valence-electron chi connectivity index (χ0n) is 32.7. The number of pyridine rings is 3. The van der Waals surface area contributed by atoms with E-state index in [2.05, 4.69) is 188 Å². The van der Waals surface area contributed by atoms with Crippen LogP contribution in [0.15, 0.2) is 224 Å². The summed E-state index contributed by atoms with van der Waals surface area (Å²) in [5, 5.41) is 7.63. The molecule has 8 aromatic carbocycles. The van der Waals surface area contributed by atoms with Crippen LogP contribution in [-0.2, 0) is 0 Å². The van der Waals surface area contributed by atoms with Crippen LogP contribution in [0.3, 0.4) is 0 Å². The minimum Gasteiger partial charge on any atom is -0.248 e. The predicted molar refractivity (Wildman–Crippen MR) is 250 cm³/mol. The van der Waals surface area contributed by atoms with Crippen molar-refractivity contribution in [3.05, 3.63) is 224 Å². The molecule has 0 fully saturated rings. The Morgan fingerprint density at radius 2 is 0.467 bits per heavy atom. The van der Waals surface area contributed by atoms with Crippen molar-refractivity contribution in [1.29, 1.82) is 0 Å². The Bertz CT molecular complexity index is 3240. The number of rotatable bonds is 7. The summed E-state index contributed by atoms with van der Waals surface area (Å²) < 4.78 is 0. The second-order valence-electron chi connectivity index (χ2n) is 15.2. The molecule has 0 aliphatic heterocycles. The molecule has 0 saturated carbocycles. The lowest BCUT2D eigenvalue weighted by Crippen LogP contribution is -1.94. The zero-order valence-corrected chi connectivity index (χ0v) is 32.7. The van der Waals surface area contributed by atoms with E-state index in [0.29, 0.717) is 0 Å². The fraction of sp³-hybridized carbons (Fsp3) is 0. The van der Waals surface area contributed by atoms with E-state index in [1.54, 1.807) is 0 Å². The monoisotopic (exact) mass is 763 g/mol. The van der Waals surface area contributed by atoms with Crippen molar-refractivity contribution < 1.29 is 0 Å². The van der Waals surface area contributed by atoms with Crippen molar-refractivity contribution in [1.82, 2.24) is 15.0 Å². The van der Waals surface area contributed by atoms with E-state index in [0.717, 1.165) is 73.1 Å². The summed E-state index contributed by atoms with van der Waals surface area (Å²) in [6.45, 7) is 0. The van der Waals surface area contributed by atoms with Gasteiger partial charge in [0, 0.05) is 33.4 Å². The van der Waals surface area contributed by atoms with Gasteiger partial charge in [0.15, 0.2) is 0 Å². The van der Waals surface area contributed by atoms with Crippen LogP contribution in [0.5, 0.6) is 0 Å². The van der Waals surface area contributed by atoms with Crippen molar-refractivity contribution >= 4 is 32.3 Å². The first-order valence-electron chi connectivity index (χ1n) is 20.3. The maximum absolute atomic E-state index is 5.33. The highest BCUT2D eigenvalue weighted by atomic mass is 14.7. The number of aromatic nitrogens is 3. The van der Waals surface area contributed by atoms with Crippen LogP contribution in [0.4, 0.5) is 0 Å². The Balaban J connectivity index is 1.01. The topological polar surface area (TPSA) is 38.7 Å². The average molecular weight is 764 g/mol. The number of nitrogens with zero attached hydrogens (tertiary/aromatic N) is 3. The first-order valence-corrected chi connectivity index (χ1v) is 20.3. The molecule has 280 valence electrons. The lowest BCUT2D eigenvalue weighted by Gasteiger charge is -2.13. The normalized spacial score (nSPS) is 11.3. The van der Waals surface area contributed by atoms with Gasteiger partial charge >= 0.3 is 0 Å². The predicted octanol–water partition coefficient (Wildman–Crippen LogP) is 15.0. The van der Waals surface area contributed by atoms with E-state index in [9.17, 15) is 0 Å². The minimum atomic E-state index is 0.878. The van der Waals surface area contributed by atoms with Crippen LogP contribution >= 0.6 is 0 Å². The van der Waals surface area contributed by atoms with Crippen LogP contribution in [0.1, 0.15) is 0 Å². The Morgan fingerprint density at radius 1 is 0.167 bits per heavy atom. The van der Waals surface area contributed by atoms with Crippen LogP contribution in [-0.4, -0.2) is 15.0 Å². The second-order valence-corrected chi connectivity index (χ2v) is 15.2. The van der Waals surface area contributed by atoms with Gasteiger partial charge in [-0.3, -0.25) is 0 Å². The summed E-state index contributed by atoms with van der Waals surface area (Å²) in [6, 6.07) is 79.1. The quantitative estimate of drug-likeness (QED) is 0.152. The zero-order chi connectivity index (χ0) is 39.8. The summed E-state index contributed by atoms with van der Waals surface area (Å²) in [5.74, 6) is 0. The highest BCUT2D eigenvalue weighted by Gasteiger charge is 2.14. The number of hydrogen-bond donors (Lipinski definition) is 0.